The first kappa shape index (κ1) is 18.3. The van der Waals surface area contributed by atoms with Gasteiger partial charge in [-0.3, -0.25) is 9.78 Å². The van der Waals surface area contributed by atoms with Crippen LogP contribution in [0.25, 0.3) is 33.0 Å². The average molecular weight is 383 g/mol. The lowest BCUT2D eigenvalue weighted by Gasteiger charge is -2.10. The zero-order chi connectivity index (χ0) is 20.4. The Morgan fingerprint density at radius 2 is 1.90 bits per heavy atom. The smallest absolute Gasteiger partial charge is 0.272 e. The number of rotatable bonds is 4. The fourth-order valence-corrected chi connectivity index (χ4v) is 3.29. The van der Waals surface area contributed by atoms with Crippen molar-refractivity contribution in [3.05, 3.63) is 76.5 Å². The standard InChI is InChI=1S/C22H17N5O2/c1-29-17-4-2-14(9-23)19(8-17)16-6-15(11-25-12-16)13-3-5-18-20(7-13)21(10-24)26-27-22(18)28/h2-8,11-12H,10,24H2,1H3,(H,27,28). The van der Waals surface area contributed by atoms with Crippen molar-refractivity contribution in [3.8, 4) is 34.1 Å². The third-order valence-electron chi connectivity index (χ3n) is 4.79. The summed E-state index contributed by atoms with van der Waals surface area (Å²) in [5.74, 6) is 0.660. The number of nitrogens with one attached hydrogen (secondary N) is 1. The molecule has 3 N–H and O–H groups in total. The van der Waals surface area contributed by atoms with E-state index in [0.717, 1.165) is 22.3 Å². The molecule has 7 heteroatoms. The largest absolute Gasteiger partial charge is 0.497 e. The van der Waals surface area contributed by atoms with Crippen molar-refractivity contribution < 1.29 is 4.74 Å². The lowest BCUT2D eigenvalue weighted by Crippen LogP contribution is -2.13. The van der Waals surface area contributed by atoms with Crippen LogP contribution in [0.2, 0.25) is 0 Å². The Balaban J connectivity index is 1.87. The predicted octanol–water partition coefficient (Wildman–Crippen LogP) is 2.99. The van der Waals surface area contributed by atoms with Gasteiger partial charge >= 0.3 is 0 Å². The lowest BCUT2D eigenvalue weighted by molar-refractivity contribution is 0.415. The summed E-state index contributed by atoms with van der Waals surface area (Å²) in [6.07, 6.45) is 3.44. The molecule has 0 aliphatic heterocycles. The van der Waals surface area contributed by atoms with Gasteiger partial charge < -0.3 is 10.5 Å². The van der Waals surface area contributed by atoms with E-state index >= 15 is 0 Å². The average Bonchev–Trinajstić information content (AvgIpc) is 2.78. The number of nitrogens with zero attached hydrogens (tertiary/aromatic N) is 3. The van der Waals surface area contributed by atoms with Crippen molar-refractivity contribution in [2.24, 2.45) is 5.73 Å². The van der Waals surface area contributed by atoms with E-state index in [4.69, 9.17) is 10.5 Å². The first-order valence-electron chi connectivity index (χ1n) is 8.90. The van der Waals surface area contributed by atoms with Gasteiger partial charge in [0, 0.05) is 41.0 Å². The first-order chi connectivity index (χ1) is 14.1. The minimum absolute atomic E-state index is 0.213. The summed E-state index contributed by atoms with van der Waals surface area (Å²) in [6, 6.07) is 14.9. The van der Waals surface area contributed by atoms with Gasteiger partial charge in [-0.1, -0.05) is 6.07 Å². The highest BCUT2D eigenvalue weighted by atomic mass is 16.5. The number of pyridine rings is 1. The van der Waals surface area contributed by atoms with Crippen molar-refractivity contribution in [2.75, 3.05) is 7.11 Å². The lowest BCUT2D eigenvalue weighted by atomic mass is 9.97. The quantitative estimate of drug-likeness (QED) is 0.559. The number of hydrogen-bond acceptors (Lipinski definition) is 6. The molecule has 0 fully saturated rings. The molecular weight excluding hydrogens is 366 g/mol. The van der Waals surface area contributed by atoms with E-state index in [0.29, 0.717) is 27.8 Å². The number of fused-ring (bicyclic) bond motifs is 1. The molecule has 29 heavy (non-hydrogen) atoms. The second-order valence-corrected chi connectivity index (χ2v) is 6.45. The number of methoxy groups -OCH3 is 1. The van der Waals surface area contributed by atoms with Crippen LogP contribution in [0, 0.1) is 11.3 Å². The Bertz CT molecular complexity index is 1320. The summed E-state index contributed by atoms with van der Waals surface area (Å²) in [7, 11) is 1.58. The Kier molecular flexibility index (Phi) is 4.77. The van der Waals surface area contributed by atoms with Gasteiger partial charge in [0.1, 0.15) is 5.75 Å². The normalized spacial score (nSPS) is 10.7. The molecule has 7 nitrogen and oxygen atoms in total. The van der Waals surface area contributed by atoms with Crippen LogP contribution in [0.4, 0.5) is 0 Å². The summed E-state index contributed by atoms with van der Waals surface area (Å²) in [4.78, 5) is 16.4. The van der Waals surface area contributed by atoms with Crippen LogP contribution in [0.15, 0.2) is 59.7 Å². The molecule has 0 atom stereocenters. The van der Waals surface area contributed by atoms with Gasteiger partial charge in [0.05, 0.1) is 29.8 Å². The molecule has 0 radical (unpaired) electrons. The third-order valence-corrected chi connectivity index (χ3v) is 4.79. The van der Waals surface area contributed by atoms with Crippen LogP contribution in [0.3, 0.4) is 0 Å². The van der Waals surface area contributed by atoms with Crippen molar-refractivity contribution in [1.29, 1.82) is 5.26 Å². The number of ether oxygens (including phenoxy) is 1. The van der Waals surface area contributed by atoms with Gasteiger partial charge in [0.25, 0.3) is 5.56 Å². The maximum absolute atomic E-state index is 12.1. The zero-order valence-electron chi connectivity index (χ0n) is 15.6. The van der Waals surface area contributed by atoms with Crippen LogP contribution in [-0.2, 0) is 6.54 Å². The molecule has 142 valence electrons. The highest BCUT2D eigenvalue weighted by molar-refractivity contribution is 5.88. The second-order valence-electron chi connectivity index (χ2n) is 6.45. The molecule has 0 saturated carbocycles. The molecule has 4 rings (SSSR count). The van der Waals surface area contributed by atoms with Gasteiger partial charge in [-0.05, 0) is 42.0 Å². The Morgan fingerprint density at radius 3 is 2.66 bits per heavy atom. The van der Waals surface area contributed by atoms with Gasteiger partial charge in [0.2, 0.25) is 0 Å². The minimum Gasteiger partial charge on any atom is -0.497 e. The van der Waals surface area contributed by atoms with E-state index in [1.165, 1.54) is 0 Å². The maximum Gasteiger partial charge on any atom is 0.272 e. The fourth-order valence-electron chi connectivity index (χ4n) is 3.29. The van der Waals surface area contributed by atoms with E-state index in [9.17, 15) is 10.1 Å². The van der Waals surface area contributed by atoms with Gasteiger partial charge in [-0.2, -0.15) is 10.4 Å². The molecule has 0 unspecified atom stereocenters. The summed E-state index contributed by atoms with van der Waals surface area (Å²) in [5, 5.41) is 17.2. The number of H-pyrrole nitrogens is 1. The van der Waals surface area contributed by atoms with E-state index in [2.05, 4.69) is 21.3 Å². The topological polar surface area (TPSA) is 118 Å². The zero-order valence-corrected chi connectivity index (χ0v) is 15.6. The van der Waals surface area contributed by atoms with Crippen LogP contribution < -0.4 is 16.0 Å². The Labute approximate surface area is 166 Å². The van der Waals surface area contributed by atoms with Gasteiger partial charge in [0.15, 0.2) is 0 Å². The summed E-state index contributed by atoms with van der Waals surface area (Å²) in [5.41, 5.74) is 9.91. The molecular formula is C22H17N5O2. The minimum atomic E-state index is -0.259. The Hall–Kier alpha value is -4.02. The molecule has 0 amide bonds. The third kappa shape index (κ3) is 3.33. The highest BCUT2D eigenvalue weighted by Crippen LogP contribution is 2.31. The SMILES string of the molecule is COc1ccc(C#N)c(-c2cncc(-c3ccc4c(=O)[nH]nc(CN)c4c3)c2)c1. The van der Waals surface area contributed by atoms with Crippen molar-refractivity contribution in [2.45, 2.75) is 6.54 Å². The van der Waals surface area contributed by atoms with Crippen LogP contribution in [0.5, 0.6) is 5.75 Å². The van der Waals surface area contributed by atoms with Crippen molar-refractivity contribution >= 4 is 10.8 Å². The van der Waals surface area contributed by atoms with E-state index in [1.54, 1.807) is 37.7 Å². The highest BCUT2D eigenvalue weighted by Gasteiger charge is 2.11. The number of hydrogen-bond donors (Lipinski definition) is 2. The van der Waals surface area contributed by atoms with Gasteiger partial charge in [-0.15, -0.1) is 0 Å². The maximum atomic E-state index is 12.1. The molecule has 0 aliphatic rings. The molecule has 2 aromatic carbocycles. The number of benzene rings is 2. The number of nitrogens with two attached hydrogens (primary N) is 1. The molecule has 0 spiro atoms. The molecule has 0 aliphatic carbocycles. The summed E-state index contributed by atoms with van der Waals surface area (Å²) in [6.45, 7) is 0.213. The molecule has 0 bridgehead atoms. The fraction of sp³-hybridized carbons (Fsp3) is 0.0909. The monoisotopic (exact) mass is 383 g/mol. The van der Waals surface area contributed by atoms with E-state index in [-0.39, 0.29) is 12.1 Å². The second kappa shape index (κ2) is 7.54. The number of nitriles is 1. The summed E-state index contributed by atoms with van der Waals surface area (Å²) >= 11 is 0. The van der Waals surface area contributed by atoms with E-state index < -0.39 is 0 Å². The molecule has 4 aromatic rings. The van der Waals surface area contributed by atoms with Gasteiger partial charge in [-0.25, -0.2) is 5.10 Å². The van der Waals surface area contributed by atoms with Crippen molar-refractivity contribution in [3.63, 3.8) is 0 Å². The van der Waals surface area contributed by atoms with E-state index in [1.807, 2.05) is 24.3 Å². The number of aromatic nitrogens is 3. The Morgan fingerprint density at radius 1 is 1.07 bits per heavy atom. The number of aromatic amines is 1. The molecule has 0 saturated heterocycles. The van der Waals surface area contributed by atoms with Crippen LogP contribution in [-0.4, -0.2) is 22.3 Å². The van der Waals surface area contributed by atoms with Crippen molar-refractivity contribution in [1.82, 2.24) is 15.2 Å². The molecule has 2 aromatic heterocycles. The summed E-state index contributed by atoms with van der Waals surface area (Å²) < 4.78 is 5.29. The molecule has 2 heterocycles. The van der Waals surface area contributed by atoms with Crippen LogP contribution in [0.1, 0.15) is 11.3 Å². The first-order valence-corrected chi connectivity index (χ1v) is 8.90. The predicted molar refractivity (Wildman–Crippen MR) is 110 cm³/mol. The van der Waals surface area contributed by atoms with Crippen LogP contribution >= 0.6 is 0 Å².